The Morgan fingerprint density at radius 3 is 2.62 bits per heavy atom. The van der Waals surface area contributed by atoms with Gasteiger partial charge in [0.2, 0.25) is 5.91 Å². The molecule has 4 heteroatoms. The van der Waals surface area contributed by atoms with Crippen molar-refractivity contribution in [2.24, 2.45) is 5.73 Å². The highest BCUT2D eigenvalue weighted by Crippen LogP contribution is 2.27. The highest BCUT2D eigenvalue weighted by molar-refractivity contribution is 5.86. The summed E-state index contributed by atoms with van der Waals surface area (Å²) in [7, 11) is 0. The minimum Gasteiger partial charge on any atom is -0.354 e. The third kappa shape index (κ3) is 3.82. The van der Waals surface area contributed by atoms with Crippen molar-refractivity contribution in [1.82, 2.24) is 5.32 Å². The van der Waals surface area contributed by atoms with Crippen molar-refractivity contribution in [3.63, 3.8) is 0 Å². The van der Waals surface area contributed by atoms with E-state index in [2.05, 4.69) is 5.32 Å². The number of nitrogens with one attached hydrogen (secondary N) is 1. The number of carbonyl (C=O) groups excluding carboxylic acids is 1. The van der Waals surface area contributed by atoms with E-state index in [1.165, 1.54) is 12.1 Å². The molecule has 0 heterocycles. The van der Waals surface area contributed by atoms with Crippen LogP contribution in [0.2, 0.25) is 0 Å². The summed E-state index contributed by atoms with van der Waals surface area (Å²) >= 11 is 0. The molecule has 21 heavy (non-hydrogen) atoms. The maximum Gasteiger partial charge on any atom is 0.240 e. The van der Waals surface area contributed by atoms with Gasteiger partial charge in [-0.3, -0.25) is 4.79 Å². The van der Waals surface area contributed by atoms with E-state index < -0.39 is 5.54 Å². The van der Waals surface area contributed by atoms with Gasteiger partial charge in [-0.15, -0.1) is 0 Å². The molecule has 0 atom stereocenters. The number of rotatable bonds is 4. The molecule has 0 unspecified atom stereocenters. The Morgan fingerprint density at radius 1 is 1.33 bits per heavy atom. The van der Waals surface area contributed by atoms with Crippen LogP contribution in [0.1, 0.15) is 51.5 Å². The first-order valence-corrected chi connectivity index (χ1v) is 7.67. The van der Waals surface area contributed by atoms with E-state index in [-0.39, 0.29) is 17.1 Å². The number of benzene rings is 1. The van der Waals surface area contributed by atoms with E-state index in [0.29, 0.717) is 6.54 Å². The molecule has 0 bridgehead atoms. The summed E-state index contributed by atoms with van der Waals surface area (Å²) in [6.45, 7) is 4.44. The van der Waals surface area contributed by atoms with Crippen LogP contribution in [0.25, 0.3) is 0 Å². The molecule has 1 aromatic carbocycles. The minimum atomic E-state index is -0.726. The lowest BCUT2D eigenvalue weighted by Crippen LogP contribution is -2.56. The molecule has 3 nitrogen and oxygen atoms in total. The second-order valence-corrected chi connectivity index (χ2v) is 6.79. The lowest BCUT2D eigenvalue weighted by Gasteiger charge is -2.34. The number of carbonyl (C=O) groups is 1. The van der Waals surface area contributed by atoms with Gasteiger partial charge >= 0.3 is 0 Å². The molecule has 1 amide bonds. The lowest BCUT2D eigenvalue weighted by molar-refractivity contribution is -0.127. The normalized spacial score (nSPS) is 18.3. The Balaban J connectivity index is 1.99. The Morgan fingerprint density at radius 2 is 2.00 bits per heavy atom. The van der Waals surface area contributed by atoms with Gasteiger partial charge in [0.15, 0.2) is 0 Å². The van der Waals surface area contributed by atoms with Gasteiger partial charge in [-0.1, -0.05) is 45.2 Å². The molecule has 0 spiro atoms. The first kappa shape index (κ1) is 16.0. The highest BCUT2D eigenvalue weighted by atomic mass is 19.1. The fraction of sp³-hybridized carbons (Fsp3) is 0.588. The van der Waals surface area contributed by atoms with Crippen LogP contribution in [0.15, 0.2) is 24.3 Å². The number of hydrogen-bond acceptors (Lipinski definition) is 2. The zero-order valence-electron chi connectivity index (χ0n) is 12.9. The summed E-state index contributed by atoms with van der Waals surface area (Å²) in [5, 5.41) is 2.96. The number of nitrogens with two attached hydrogens (primary N) is 1. The van der Waals surface area contributed by atoms with Crippen molar-refractivity contribution in [1.29, 1.82) is 0 Å². The molecule has 116 valence electrons. The van der Waals surface area contributed by atoms with Crippen LogP contribution in [0.4, 0.5) is 4.39 Å². The predicted octanol–water partition coefficient (Wildman–Crippen LogP) is 2.88. The summed E-state index contributed by atoms with van der Waals surface area (Å²) in [5.74, 6) is -0.332. The van der Waals surface area contributed by atoms with Crippen molar-refractivity contribution in [2.75, 3.05) is 6.54 Å². The van der Waals surface area contributed by atoms with Gasteiger partial charge < -0.3 is 11.1 Å². The van der Waals surface area contributed by atoms with E-state index in [1.54, 1.807) is 6.07 Å². The van der Waals surface area contributed by atoms with E-state index in [1.807, 2.05) is 19.9 Å². The van der Waals surface area contributed by atoms with Crippen molar-refractivity contribution in [3.8, 4) is 0 Å². The fourth-order valence-corrected chi connectivity index (χ4v) is 2.90. The molecule has 1 aliphatic carbocycles. The van der Waals surface area contributed by atoms with Gasteiger partial charge in [-0.2, -0.15) is 0 Å². The van der Waals surface area contributed by atoms with Crippen molar-refractivity contribution in [2.45, 2.75) is 56.9 Å². The van der Waals surface area contributed by atoms with Gasteiger partial charge in [0.25, 0.3) is 0 Å². The maximum absolute atomic E-state index is 13.3. The molecular formula is C17H25FN2O. The first-order chi connectivity index (χ1) is 9.83. The van der Waals surface area contributed by atoms with Crippen LogP contribution in [-0.4, -0.2) is 18.0 Å². The zero-order valence-corrected chi connectivity index (χ0v) is 12.9. The topological polar surface area (TPSA) is 55.1 Å². The molecule has 1 saturated carbocycles. The molecule has 1 aromatic rings. The number of hydrogen-bond donors (Lipinski definition) is 2. The van der Waals surface area contributed by atoms with Crippen LogP contribution in [0.5, 0.6) is 0 Å². The minimum absolute atomic E-state index is 0.0771. The van der Waals surface area contributed by atoms with Crippen molar-refractivity contribution < 1.29 is 9.18 Å². The van der Waals surface area contributed by atoms with Gasteiger partial charge in [0.1, 0.15) is 5.82 Å². The molecule has 0 radical (unpaired) electrons. The predicted molar refractivity (Wildman–Crippen MR) is 82.4 cm³/mol. The van der Waals surface area contributed by atoms with Crippen LogP contribution < -0.4 is 11.1 Å². The molecule has 3 N–H and O–H groups in total. The van der Waals surface area contributed by atoms with Crippen LogP contribution >= 0.6 is 0 Å². The van der Waals surface area contributed by atoms with Gasteiger partial charge in [0, 0.05) is 12.0 Å². The van der Waals surface area contributed by atoms with Crippen LogP contribution in [0, 0.1) is 5.82 Å². The average Bonchev–Trinajstić information content (AvgIpc) is 2.45. The Labute approximate surface area is 126 Å². The van der Waals surface area contributed by atoms with E-state index in [0.717, 1.165) is 37.7 Å². The third-order valence-electron chi connectivity index (χ3n) is 4.49. The fourth-order valence-electron chi connectivity index (χ4n) is 2.90. The van der Waals surface area contributed by atoms with E-state index >= 15 is 0 Å². The summed E-state index contributed by atoms with van der Waals surface area (Å²) in [5.41, 5.74) is 6.04. The van der Waals surface area contributed by atoms with Crippen molar-refractivity contribution >= 4 is 5.91 Å². The second kappa shape index (κ2) is 6.14. The summed E-state index contributed by atoms with van der Waals surface area (Å²) in [6.07, 6.45) is 4.67. The largest absolute Gasteiger partial charge is 0.354 e. The number of amides is 1. The Bertz CT molecular complexity index is 507. The van der Waals surface area contributed by atoms with Gasteiger partial charge in [0.05, 0.1) is 5.54 Å². The zero-order chi connectivity index (χ0) is 15.5. The standard InChI is InChI=1S/C17H25FN2O/c1-16(2,13-7-6-8-14(18)11-13)12-20-15(21)17(19)9-4-3-5-10-17/h6-8,11H,3-5,9-10,12,19H2,1-2H3,(H,20,21). The van der Waals surface area contributed by atoms with E-state index in [9.17, 15) is 9.18 Å². The molecule has 0 aromatic heterocycles. The molecule has 1 aliphatic rings. The van der Waals surface area contributed by atoms with Gasteiger partial charge in [-0.05, 0) is 30.5 Å². The molecule has 0 saturated heterocycles. The average molecular weight is 292 g/mol. The monoisotopic (exact) mass is 292 g/mol. The summed E-state index contributed by atoms with van der Waals surface area (Å²) in [4.78, 5) is 12.4. The summed E-state index contributed by atoms with van der Waals surface area (Å²) < 4.78 is 13.3. The molecule has 0 aliphatic heterocycles. The van der Waals surface area contributed by atoms with Crippen molar-refractivity contribution in [3.05, 3.63) is 35.6 Å². The molecule has 1 fully saturated rings. The lowest BCUT2D eigenvalue weighted by atomic mass is 9.80. The molecule has 2 rings (SSSR count). The van der Waals surface area contributed by atoms with Gasteiger partial charge in [-0.25, -0.2) is 4.39 Å². The van der Waals surface area contributed by atoms with E-state index in [4.69, 9.17) is 5.73 Å². The van der Waals surface area contributed by atoms with Crippen LogP contribution in [0.3, 0.4) is 0 Å². The molecular weight excluding hydrogens is 267 g/mol. The first-order valence-electron chi connectivity index (χ1n) is 7.67. The quantitative estimate of drug-likeness (QED) is 0.896. The highest BCUT2D eigenvalue weighted by Gasteiger charge is 2.36. The summed E-state index contributed by atoms with van der Waals surface area (Å²) in [6, 6.07) is 6.52. The van der Waals surface area contributed by atoms with Crippen LogP contribution in [-0.2, 0) is 10.2 Å². The third-order valence-corrected chi connectivity index (χ3v) is 4.49. The smallest absolute Gasteiger partial charge is 0.240 e. The Hall–Kier alpha value is -1.42. The SMILES string of the molecule is CC(C)(CNC(=O)C1(N)CCCCC1)c1cccc(F)c1. The maximum atomic E-state index is 13.3. The number of halogens is 1. The Kier molecular flexibility index (Phi) is 4.67. The second-order valence-electron chi connectivity index (χ2n) is 6.79.